The molecule has 3 rings (SSSR count). The minimum Gasteiger partial charge on any atom is -0.357 e. The lowest BCUT2D eigenvalue weighted by atomic mass is 10.2. The van der Waals surface area contributed by atoms with Crippen LogP contribution in [-0.4, -0.2) is 45.1 Å². The first-order valence-corrected chi connectivity index (χ1v) is 13.2. The van der Waals surface area contributed by atoms with Gasteiger partial charge in [-0.15, -0.1) is 21.5 Å². The fourth-order valence-corrected chi connectivity index (χ4v) is 5.20. The van der Waals surface area contributed by atoms with Crippen LogP contribution < -0.4 is 10.6 Å². The van der Waals surface area contributed by atoms with Gasteiger partial charge in [0.1, 0.15) is 10.8 Å². The number of nitrogens with one attached hydrogen (secondary N) is 2. The average Bonchev–Trinajstić information content (AvgIpc) is 3.49. The Kier molecular flexibility index (Phi) is 8.99. The molecule has 0 unspecified atom stereocenters. The molecular formula is C21H35N7S2. The van der Waals surface area contributed by atoms with Gasteiger partial charge in [-0.1, -0.05) is 38.5 Å². The van der Waals surface area contributed by atoms with Crippen LogP contribution >= 0.6 is 23.1 Å². The molecule has 2 heterocycles. The summed E-state index contributed by atoms with van der Waals surface area (Å²) in [5.41, 5.74) is 1.15. The number of aliphatic imine (C=N–C) groups is 1. The third-order valence-corrected chi connectivity index (χ3v) is 6.85. The van der Waals surface area contributed by atoms with Gasteiger partial charge >= 0.3 is 0 Å². The topological polar surface area (TPSA) is 80.0 Å². The number of thiazole rings is 1. The van der Waals surface area contributed by atoms with Gasteiger partial charge in [0.05, 0.1) is 12.2 Å². The predicted octanol–water partition coefficient (Wildman–Crippen LogP) is 4.38. The molecule has 1 aliphatic rings. The Labute approximate surface area is 188 Å². The van der Waals surface area contributed by atoms with Crippen LogP contribution in [0, 0.1) is 0 Å². The van der Waals surface area contributed by atoms with Gasteiger partial charge in [0.2, 0.25) is 0 Å². The molecule has 1 saturated carbocycles. The van der Waals surface area contributed by atoms with Crippen molar-refractivity contribution in [2.24, 2.45) is 4.99 Å². The maximum absolute atomic E-state index is 4.70. The summed E-state index contributed by atoms with van der Waals surface area (Å²) in [5.74, 6) is 2.43. The maximum Gasteiger partial charge on any atom is 0.191 e. The third-order valence-electron chi connectivity index (χ3n) is 5.35. The Balaban J connectivity index is 1.51. The van der Waals surface area contributed by atoms with Crippen molar-refractivity contribution in [3.8, 4) is 0 Å². The lowest BCUT2D eigenvalue weighted by molar-refractivity contribution is 0.460. The lowest BCUT2D eigenvalue weighted by Gasteiger charge is -2.16. The first-order chi connectivity index (χ1) is 14.6. The summed E-state index contributed by atoms with van der Waals surface area (Å²) in [6.45, 7) is 8.74. The number of nitrogens with zero attached hydrogens (tertiary/aromatic N) is 5. The second-order valence-corrected chi connectivity index (χ2v) is 9.67. The highest BCUT2D eigenvalue weighted by atomic mass is 32.2. The van der Waals surface area contributed by atoms with E-state index in [1.165, 1.54) is 25.7 Å². The van der Waals surface area contributed by atoms with E-state index in [-0.39, 0.29) is 0 Å². The van der Waals surface area contributed by atoms with Crippen molar-refractivity contribution in [1.82, 2.24) is 30.4 Å². The maximum atomic E-state index is 4.70. The highest BCUT2D eigenvalue weighted by Crippen LogP contribution is 2.33. The molecule has 30 heavy (non-hydrogen) atoms. The average molecular weight is 450 g/mol. The second kappa shape index (κ2) is 11.7. The van der Waals surface area contributed by atoms with Gasteiger partial charge in [0, 0.05) is 30.9 Å². The number of aromatic nitrogens is 4. The van der Waals surface area contributed by atoms with Crippen LogP contribution in [0.4, 0.5) is 0 Å². The largest absolute Gasteiger partial charge is 0.357 e. The van der Waals surface area contributed by atoms with Crippen molar-refractivity contribution in [3.05, 3.63) is 21.9 Å². The molecule has 2 aromatic heterocycles. The molecule has 0 amide bonds. The van der Waals surface area contributed by atoms with Crippen molar-refractivity contribution >= 4 is 29.1 Å². The molecule has 166 valence electrons. The van der Waals surface area contributed by atoms with Gasteiger partial charge in [-0.25, -0.2) is 9.98 Å². The van der Waals surface area contributed by atoms with E-state index in [0.29, 0.717) is 18.5 Å². The van der Waals surface area contributed by atoms with E-state index < -0.39 is 0 Å². The number of thioether (sulfide) groups is 1. The van der Waals surface area contributed by atoms with Gasteiger partial charge in [-0.05, 0) is 38.4 Å². The van der Waals surface area contributed by atoms with E-state index in [4.69, 9.17) is 4.99 Å². The van der Waals surface area contributed by atoms with Gasteiger partial charge in [-0.3, -0.25) is 0 Å². The molecule has 2 N–H and O–H groups in total. The molecule has 1 fully saturated rings. The molecule has 0 aromatic carbocycles. The molecule has 0 saturated heterocycles. The van der Waals surface area contributed by atoms with E-state index in [1.807, 2.05) is 0 Å². The molecule has 1 aliphatic carbocycles. The summed E-state index contributed by atoms with van der Waals surface area (Å²) in [6.07, 6.45) is 9.16. The third kappa shape index (κ3) is 6.20. The normalized spacial score (nSPS) is 15.3. The zero-order valence-electron chi connectivity index (χ0n) is 18.6. The van der Waals surface area contributed by atoms with Crippen LogP contribution in [0.25, 0.3) is 0 Å². The van der Waals surface area contributed by atoms with E-state index in [1.54, 1.807) is 23.1 Å². The van der Waals surface area contributed by atoms with Crippen molar-refractivity contribution in [3.63, 3.8) is 0 Å². The Morgan fingerprint density at radius 3 is 2.77 bits per heavy atom. The van der Waals surface area contributed by atoms with Crippen molar-refractivity contribution < 1.29 is 0 Å². The SMILES string of the molecule is CCNC(=NCc1nc(C(C)C)cs1)NCCCc1nnc(SC)n1C1CCCC1. The molecule has 7 nitrogen and oxygen atoms in total. The number of rotatable bonds is 10. The zero-order chi connectivity index (χ0) is 21.3. The number of hydrogen-bond acceptors (Lipinski definition) is 6. The fourth-order valence-electron chi connectivity index (χ4n) is 3.75. The Bertz CT molecular complexity index is 806. The van der Waals surface area contributed by atoms with Gasteiger partial charge in [0.15, 0.2) is 11.1 Å². The van der Waals surface area contributed by atoms with Crippen LogP contribution in [-0.2, 0) is 13.0 Å². The molecule has 0 atom stereocenters. The molecular weight excluding hydrogens is 414 g/mol. The molecule has 0 spiro atoms. The highest BCUT2D eigenvalue weighted by molar-refractivity contribution is 7.98. The minimum absolute atomic E-state index is 0.461. The van der Waals surface area contributed by atoms with Crippen molar-refractivity contribution in [1.29, 1.82) is 0 Å². The first-order valence-electron chi connectivity index (χ1n) is 11.1. The second-order valence-electron chi connectivity index (χ2n) is 7.96. The fraction of sp³-hybridized carbons (Fsp3) is 0.714. The number of hydrogen-bond donors (Lipinski definition) is 2. The summed E-state index contributed by atoms with van der Waals surface area (Å²) in [5, 5.41) is 19.9. The predicted molar refractivity (Wildman–Crippen MR) is 127 cm³/mol. The van der Waals surface area contributed by atoms with Gasteiger partial charge < -0.3 is 15.2 Å². The molecule has 0 radical (unpaired) electrons. The molecule has 0 aliphatic heterocycles. The number of guanidine groups is 1. The van der Waals surface area contributed by atoms with Gasteiger partial charge in [-0.2, -0.15) is 0 Å². The Morgan fingerprint density at radius 2 is 2.10 bits per heavy atom. The standard InChI is InChI=1S/C21H35N7S2/c1-5-22-20(24-13-19-25-17(14-30-19)15(2)3)23-12-8-11-18-26-27-21(29-4)28(18)16-9-6-7-10-16/h14-16H,5-13H2,1-4H3,(H2,22,23,24). The molecule has 9 heteroatoms. The quantitative estimate of drug-likeness (QED) is 0.242. The van der Waals surface area contributed by atoms with Crippen LogP contribution in [0.3, 0.4) is 0 Å². The van der Waals surface area contributed by atoms with Gasteiger partial charge in [0.25, 0.3) is 0 Å². The zero-order valence-corrected chi connectivity index (χ0v) is 20.3. The van der Waals surface area contributed by atoms with Crippen molar-refractivity contribution in [2.75, 3.05) is 19.3 Å². The molecule has 2 aromatic rings. The number of aryl methyl sites for hydroxylation is 1. The summed E-state index contributed by atoms with van der Waals surface area (Å²) in [7, 11) is 0. The smallest absolute Gasteiger partial charge is 0.191 e. The van der Waals surface area contributed by atoms with Crippen LogP contribution in [0.15, 0.2) is 15.5 Å². The van der Waals surface area contributed by atoms with Crippen LogP contribution in [0.2, 0.25) is 0 Å². The lowest BCUT2D eigenvalue weighted by Crippen LogP contribution is -2.37. The van der Waals surface area contributed by atoms with E-state index in [0.717, 1.165) is 53.6 Å². The van der Waals surface area contributed by atoms with Crippen LogP contribution in [0.1, 0.15) is 81.4 Å². The summed E-state index contributed by atoms with van der Waals surface area (Å²) < 4.78 is 2.39. The van der Waals surface area contributed by atoms with E-state index in [2.05, 4.69) is 62.8 Å². The highest BCUT2D eigenvalue weighted by Gasteiger charge is 2.23. The monoisotopic (exact) mass is 449 g/mol. The Hall–Kier alpha value is -1.61. The molecule has 0 bridgehead atoms. The van der Waals surface area contributed by atoms with E-state index >= 15 is 0 Å². The van der Waals surface area contributed by atoms with Crippen molar-refractivity contribution in [2.45, 2.75) is 83.0 Å². The Morgan fingerprint density at radius 1 is 1.30 bits per heavy atom. The first kappa shape index (κ1) is 23.1. The summed E-state index contributed by atoms with van der Waals surface area (Å²) in [6, 6.07) is 0.582. The summed E-state index contributed by atoms with van der Waals surface area (Å²) in [4.78, 5) is 9.38. The minimum atomic E-state index is 0.461. The van der Waals surface area contributed by atoms with E-state index in [9.17, 15) is 0 Å². The summed E-state index contributed by atoms with van der Waals surface area (Å²) >= 11 is 3.39. The van der Waals surface area contributed by atoms with Crippen LogP contribution in [0.5, 0.6) is 0 Å².